The van der Waals surface area contributed by atoms with Crippen LogP contribution in [0.5, 0.6) is 5.75 Å². The average Bonchev–Trinajstić information content (AvgIpc) is 2.19. The van der Waals surface area contributed by atoms with Crippen molar-refractivity contribution in [2.24, 2.45) is 0 Å². The molecule has 2 nitrogen and oxygen atoms in total. The van der Waals surface area contributed by atoms with Gasteiger partial charge in [-0.2, -0.15) is 0 Å². The van der Waals surface area contributed by atoms with Gasteiger partial charge in [0.2, 0.25) is 0 Å². The highest BCUT2D eigenvalue weighted by Gasteiger charge is 2.35. The maximum atomic E-state index is 13.7. The molecule has 1 aliphatic heterocycles. The molecular weight excluding hydrogens is 224 g/mol. The molecule has 94 valence electrons. The summed E-state index contributed by atoms with van der Waals surface area (Å²) in [5.74, 6) is -1.02. The van der Waals surface area contributed by atoms with Crippen molar-refractivity contribution < 1.29 is 13.5 Å². The van der Waals surface area contributed by atoms with Gasteiger partial charge in [-0.05, 0) is 26.5 Å². The van der Waals surface area contributed by atoms with E-state index in [1.807, 2.05) is 20.8 Å². The third kappa shape index (κ3) is 2.41. The normalized spacial score (nSPS) is 21.8. The Morgan fingerprint density at radius 1 is 1.41 bits per heavy atom. The SMILES string of the molecule is CCNC1CC(C)(C)Oc2c(F)cc(F)cc21. The van der Waals surface area contributed by atoms with E-state index in [4.69, 9.17) is 4.74 Å². The molecule has 0 spiro atoms. The summed E-state index contributed by atoms with van der Waals surface area (Å²) in [5, 5.41) is 3.24. The predicted octanol–water partition coefficient (Wildman–Crippen LogP) is 3.18. The number of benzene rings is 1. The second-order valence-electron chi connectivity index (χ2n) is 4.98. The van der Waals surface area contributed by atoms with E-state index in [0.717, 1.165) is 12.6 Å². The summed E-state index contributed by atoms with van der Waals surface area (Å²) in [6.45, 7) is 6.53. The van der Waals surface area contributed by atoms with Crippen LogP contribution in [0, 0.1) is 11.6 Å². The molecule has 0 radical (unpaired) electrons. The second-order valence-corrected chi connectivity index (χ2v) is 4.98. The minimum atomic E-state index is -0.629. The molecule has 0 aliphatic carbocycles. The van der Waals surface area contributed by atoms with Crippen LogP contribution < -0.4 is 10.1 Å². The number of hydrogen-bond donors (Lipinski definition) is 1. The Morgan fingerprint density at radius 3 is 2.76 bits per heavy atom. The van der Waals surface area contributed by atoms with Crippen molar-refractivity contribution in [1.29, 1.82) is 0 Å². The van der Waals surface area contributed by atoms with Gasteiger partial charge in [0.1, 0.15) is 11.4 Å². The minimum absolute atomic E-state index is 0.0658. The van der Waals surface area contributed by atoms with Crippen LogP contribution in [0.1, 0.15) is 38.8 Å². The van der Waals surface area contributed by atoms with Crippen molar-refractivity contribution in [3.05, 3.63) is 29.3 Å². The Labute approximate surface area is 100.0 Å². The van der Waals surface area contributed by atoms with Gasteiger partial charge < -0.3 is 10.1 Å². The molecule has 4 heteroatoms. The number of halogens is 2. The first-order valence-electron chi connectivity index (χ1n) is 5.84. The van der Waals surface area contributed by atoms with Crippen LogP contribution >= 0.6 is 0 Å². The van der Waals surface area contributed by atoms with E-state index >= 15 is 0 Å². The Hall–Kier alpha value is -1.16. The smallest absolute Gasteiger partial charge is 0.168 e. The van der Waals surface area contributed by atoms with E-state index in [9.17, 15) is 8.78 Å². The van der Waals surface area contributed by atoms with Gasteiger partial charge >= 0.3 is 0 Å². The highest BCUT2D eigenvalue weighted by Crippen LogP contribution is 2.41. The molecule has 0 fully saturated rings. The molecule has 0 aromatic heterocycles. The number of hydrogen-bond acceptors (Lipinski definition) is 2. The van der Waals surface area contributed by atoms with E-state index in [0.29, 0.717) is 12.0 Å². The lowest BCUT2D eigenvalue weighted by atomic mass is 9.89. The highest BCUT2D eigenvalue weighted by molar-refractivity contribution is 5.40. The molecule has 1 N–H and O–H groups in total. The van der Waals surface area contributed by atoms with Crippen LogP contribution in [0.25, 0.3) is 0 Å². The molecule has 1 heterocycles. The zero-order chi connectivity index (χ0) is 12.6. The summed E-state index contributed by atoms with van der Waals surface area (Å²) < 4.78 is 32.5. The maximum Gasteiger partial charge on any atom is 0.168 e. The van der Waals surface area contributed by atoms with Crippen molar-refractivity contribution in [2.45, 2.75) is 38.8 Å². The minimum Gasteiger partial charge on any atom is -0.484 e. The van der Waals surface area contributed by atoms with Gasteiger partial charge in [-0.25, -0.2) is 8.78 Å². The van der Waals surface area contributed by atoms with Gasteiger partial charge in [-0.1, -0.05) is 6.92 Å². The molecule has 1 aliphatic rings. The van der Waals surface area contributed by atoms with Crippen molar-refractivity contribution in [2.75, 3.05) is 6.54 Å². The Balaban J connectivity index is 2.48. The lowest BCUT2D eigenvalue weighted by Gasteiger charge is -2.38. The highest BCUT2D eigenvalue weighted by atomic mass is 19.1. The molecular formula is C13H17F2NO. The van der Waals surface area contributed by atoms with Gasteiger partial charge in [0.15, 0.2) is 11.6 Å². The van der Waals surface area contributed by atoms with E-state index in [2.05, 4.69) is 5.32 Å². The number of ether oxygens (including phenoxy) is 1. The summed E-state index contributed by atoms with van der Waals surface area (Å²) >= 11 is 0. The average molecular weight is 241 g/mol. The largest absolute Gasteiger partial charge is 0.484 e. The zero-order valence-corrected chi connectivity index (χ0v) is 10.3. The lowest BCUT2D eigenvalue weighted by molar-refractivity contribution is 0.0608. The van der Waals surface area contributed by atoms with E-state index < -0.39 is 17.2 Å². The first-order chi connectivity index (χ1) is 7.93. The van der Waals surface area contributed by atoms with E-state index in [1.165, 1.54) is 6.07 Å². The number of fused-ring (bicyclic) bond motifs is 1. The zero-order valence-electron chi connectivity index (χ0n) is 10.3. The summed E-state index contributed by atoms with van der Waals surface area (Å²) in [6.07, 6.45) is 0.691. The quantitative estimate of drug-likeness (QED) is 0.858. The molecule has 17 heavy (non-hydrogen) atoms. The number of rotatable bonds is 2. The Bertz CT molecular complexity index is 432. The van der Waals surface area contributed by atoms with Crippen molar-refractivity contribution in [1.82, 2.24) is 5.32 Å². The first kappa shape index (κ1) is 12.3. The molecule has 1 unspecified atom stereocenters. The van der Waals surface area contributed by atoms with Crippen LogP contribution in [0.4, 0.5) is 8.78 Å². The van der Waals surface area contributed by atoms with Gasteiger partial charge in [0, 0.05) is 24.1 Å². The standard InChI is InChI=1S/C13H17F2NO/c1-4-16-11-7-13(2,3)17-12-9(11)5-8(14)6-10(12)15/h5-6,11,16H,4,7H2,1-3H3. The summed E-state index contributed by atoms with van der Waals surface area (Å²) in [5.41, 5.74) is 0.127. The summed E-state index contributed by atoms with van der Waals surface area (Å²) in [4.78, 5) is 0. The van der Waals surface area contributed by atoms with E-state index in [1.54, 1.807) is 0 Å². The van der Waals surface area contributed by atoms with E-state index in [-0.39, 0.29) is 11.8 Å². The summed E-state index contributed by atoms with van der Waals surface area (Å²) in [6, 6.07) is 2.15. The molecule has 0 saturated heterocycles. The van der Waals surface area contributed by atoms with Crippen molar-refractivity contribution in [3.63, 3.8) is 0 Å². The molecule has 1 atom stereocenters. The van der Waals surface area contributed by atoms with Gasteiger partial charge in [-0.15, -0.1) is 0 Å². The maximum absolute atomic E-state index is 13.7. The third-order valence-corrected chi connectivity index (χ3v) is 2.94. The van der Waals surface area contributed by atoms with Gasteiger partial charge in [0.25, 0.3) is 0 Å². The van der Waals surface area contributed by atoms with Crippen LogP contribution in [0.3, 0.4) is 0 Å². The number of nitrogens with one attached hydrogen (secondary N) is 1. The lowest BCUT2D eigenvalue weighted by Crippen LogP contribution is -2.40. The molecule has 0 saturated carbocycles. The molecule has 0 amide bonds. The monoisotopic (exact) mass is 241 g/mol. The van der Waals surface area contributed by atoms with Crippen LogP contribution in [0.15, 0.2) is 12.1 Å². The van der Waals surface area contributed by atoms with Crippen molar-refractivity contribution >= 4 is 0 Å². The second kappa shape index (κ2) is 4.26. The molecule has 1 aromatic rings. The first-order valence-corrected chi connectivity index (χ1v) is 5.84. The van der Waals surface area contributed by atoms with Crippen LogP contribution in [-0.4, -0.2) is 12.1 Å². The van der Waals surface area contributed by atoms with Gasteiger partial charge in [-0.3, -0.25) is 0 Å². The fourth-order valence-corrected chi connectivity index (χ4v) is 2.29. The molecule has 0 bridgehead atoms. The van der Waals surface area contributed by atoms with Gasteiger partial charge in [0.05, 0.1) is 0 Å². The van der Waals surface area contributed by atoms with Crippen molar-refractivity contribution in [3.8, 4) is 5.75 Å². The Kier molecular flexibility index (Phi) is 3.08. The third-order valence-electron chi connectivity index (χ3n) is 2.94. The summed E-state index contributed by atoms with van der Waals surface area (Å²) in [7, 11) is 0. The fourth-order valence-electron chi connectivity index (χ4n) is 2.29. The predicted molar refractivity (Wildman–Crippen MR) is 62.1 cm³/mol. The molecule has 2 rings (SSSR count). The van der Waals surface area contributed by atoms with Crippen LogP contribution in [-0.2, 0) is 0 Å². The Morgan fingerprint density at radius 2 is 2.12 bits per heavy atom. The molecule has 1 aromatic carbocycles. The van der Waals surface area contributed by atoms with Crippen LogP contribution in [0.2, 0.25) is 0 Å². The fraction of sp³-hybridized carbons (Fsp3) is 0.538. The topological polar surface area (TPSA) is 21.3 Å².